The molecular weight excluding hydrogens is 568 g/mol. The maximum absolute atomic E-state index is 11.0. The van der Waals surface area contributed by atoms with Crippen molar-refractivity contribution >= 4 is 40.7 Å². The van der Waals surface area contributed by atoms with Crippen molar-refractivity contribution in [1.29, 1.82) is 0 Å². The Balaban J connectivity index is 1.42. The summed E-state index contributed by atoms with van der Waals surface area (Å²) in [6.45, 7) is 0. The topological polar surface area (TPSA) is 99.4 Å². The summed E-state index contributed by atoms with van der Waals surface area (Å²) < 4.78 is 13.8. The number of aryl methyl sites for hydroxylation is 2. The number of carbonyl (C=O) groups is 1. The number of nitrogens with zero attached hydrogens (tertiary/aromatic N) is 4. The van der Waals surface area contributed by atoms with Gasteiger partial charge in [0.2, 0.25) is 0 Å². The number of carboxylic acid groups (broad SMARTS) is 1. The Hall–Kier alpha value is -3.08. The van der Waals surface area contributed by atoms with Gasteiger partial charge in [-0.25, -0.2) is 4.98 Å². The maximum Gasteiger partial charge on any atom is 0.303 e. The number of rotatable bonds is 10. The summed E-state index contributed by atoms with van der Waals surface area (Å²) in [6, 6.07) is 12.0. The molecule has 2 aromatic heterocycles. The molecule has 1 fully saturated rings. The number of aromatic nitrogens is 4. The van der Waals surface area contributed by atoms with Crippen LogP contribution in [0.4, 0.5) is 0 Å². The smallest absolute Gasteiger partial charge is 0.303 e. The lowest BCUT2D eigenvalue weighted by Gasteiger charge is -2.24. The average molecular weight is 597 g/mol. The minimum atomic E-state index is -0.797. The van der Waals surface area contributed by atoms with Gasteiger partial charge >= 0.3 is 5.97 Å². The van der Waals surface area contributed by atoms with E-state index in [1.165, 1.54) is 0 Å². The number of ether oxygens (including phenoxy) is 2. The Labute approximate surface area is 245 Å². The fourth-order valence-electron chi connectivity index (χ4n) is 5.23. The Kier molecular flexibility index (Phi) is 7.74. The van der Waals surface area contributed by atoms with Gasteiger partial charge in [0.15, 0.2) is 17.3 Å². The zero-order valence-electron chi connectivity index (χ0n) is 22.2. The SMILES string of the molecule is COc1cccc(C2SC(CCc3ncc(CCC(=O)O)s3)c3nnc(C4CC4)n3-c3ccc(Cl)cc32)c1OC. The number of hydrogen-bond acceptors (Lipinski definition) is 8. The van der Waals surface area contributed by atoms with E-state index in [2.05, 4.69) is 26.8 Å². The fourth-order valence-corrected chi connectivity index (χ4v) is 7.87. The number of aliphatic carboxylic acids is 1. The van der Waals surface area contributed by atoms with Crippen molar-refractivity contribution in [2.45, 2.75) is 54.9 Å². The first-order valence-corrected chi connectivity index (χ1v) is 15.4. The molecule has 0 amide bonds. The number of para-hydroxylation sites is 1. The van der Waals surface area contributed by atoms with Crippen LogP contribution in [0.2, 0.25) is 5.02 Å². The molecule has 2 atom stereocenters. The number of methoxy groups -OCH3 is 2. The number of thiazole rings is 1. The van der Waals surface area contributed by atoms with E-state index in [0.717, 1.165) is 64.0 Å². The molecule has 8 nitrogen and oxygen atoms in total. The van der Waals surface area contributed by atoms with Gasteiger partial charge < -0.3 is 14.6 Å². The Morgan fingerprint density at radius 2 is 1.93 bits per heavy atom. The highest BCUT2D eigenvalue weighted by Crippen LogP contribution is 2.55. The second kappa shape index (κ2) is 11.4. The van der Waals surface area contributed by atoms with Crippen LogP contribution >= 0.6 is 34.7 Å². The van der Waals surface area contributed by atoms with Gasteiger partial charge in [0.25, 0.3) is 0 Å². The Bertz CT molecular complexity index is 1550. The van der Waals surface area contributed by atoms with Crippen LogP contribution in [0.25, 0.3) is 5.69 Å². The first-order chi connectivity index (χ1) is 19.5. The molecule has 1 aliphatic carbocycles. The van der Waals surface area contributed by atoms with Crippen molar-refractivity contribution in [3.8, 4) is 17.2 Å². The molecule has 0 saturated heterocycles. The molecule has 0 radical (unpaired) electrons. The lowest BCUT2D eigenvalue weighted by atomic mass is 10.0. The number of hydrogen-bond donors (Lipinski definition) is 1. The molecular formula is C29H29ClN4O4S2. The van der Waals surface area contributed by atoms with Gasteiger partial charge in [-0.1, -0.05) is 23.7 Å². The second-order valence-electron chi connectivity index (χ2n) is 9.97. The number of halogens is 1. The van der Waals surface area contributed by atoms with Crippen LogP contribution in [0.1, 0.15) is 74.8 Å². The van der Waals surface area contributed by atoms with Gasteiger partial charge in [0.1, 0.15) is 5.82 Å². The molecule has 40 heavy (non-hydrogen) atoms. The van der Waals surface area contributed by atoms with Gasteiger partial charge in [-0.2, -0.15) is 0 Å². The highest BCUT2D eigenvalue weighted by atomic mass is 35.5. The van der Waals surface area contributed by atoms with E-state index in [4.69, 9.17) is 31.3 Å². The van der Waals surface area contributed by atoms with Crippen LogP contribution in [-0.4, -0.2) is 45.0 Å². The molecule has 0 spiro atoms. The maximum atomic E-state index is 11.0. The van der Waals surface area contributed by atoms with Crippen LogP contribution in [0.5, 0.6) is 11.5 Å². The molecule has 11 heteroatoms. The van der Waals surface area contributed by atoms with Crippen LogP contribution < -0.4 is 9.47 Å². The van der Waals surface area contributed by atoms with E-state index in [-0.39, 0.29) is 16.9 Å². The standard InChI is InChI=1S/C29H29ClN4O4S2/c1-37-22-5-3-4-19(26(22)38-2)27-20-14-17(30)8-10-21(20)34-28(16-6-7-16)32-33-29(34)23(40-27)11-12-24-31-15-18(39-24)9-13-25(35)36/h3-5,8,10,14-16,23,27H,6-7,9,11-13H2,1-2H3,(H,35,36). The largest absolute Gasteiger partial charge is 0.493 e. The normalized spacial score (nSPS) is 18.1. The first kappa shape index (κ1) is 27.1. The van der Waals surface area contributed by atoms with E-state index in [1.54, 1.807) is 31.8 Å². The van der Waals surface area contributed by atoms with E-state index >= 15 is 0 Å². The second-order valence-corrected chi connectivity index (χ2v) is 12.9. The molecule has 4 aromatic rings. The van der Waals surface area contributed by atoms with Crippen LogP contribution in [-0.2, 0) is 17.6 Å². The first-order valence-electron chi connectivity index (χ1n) is 13.2. The number of benzene rings is 2. The van der Waals surface area contributed by atoms with E-state index in [1.807, 2.05) is 36.0 Å². The van der Waals surface area contributed by atoms with Gasteiger partial charge in [-0.05, 0) is 55.5 Å². The molecule has 0 bridgehead atoms. The Morgan fingerprint density at radius 1 is 1.10 bits per heavy atom. The quantitative estimate of drug-likeness (QED) is 0.213. The van der Waals surface area contributed by atoms with Crippen LogP contribution in [0.15, 0.2) is 42.6 Å². The zero-order valence-corrected chi connectivity index (χ0v) is 24.6. The third kappa shape index (κ3) is 5.32. The number of thioether (sulfide) groups is 1. The molecule has 1 N–H and O–H groups in total. The van der Waals surface area contributed by atoms with Crippen LogP contribution in [0, 0.1) is 0 Å². The monoisotopic (exact) mass is 596 g/mol. The van der Waals surface area contributed by atoms with Crippen LogP contribution in [0.3, 0.4) is 0 Å². The summed E-state index contributed by atoms with van der Waals surface area (Å²) in [6.07, 6.45) is 6.19. The molecule has 6 rings (SSSR count). The highest BCUT2D eigenvalue weighted by molar-refractivity contribution is 8.00. The van der Waals surface area contributed by atoms with E-state index in [0.29, 0.717) is 28.9 Å². The predicted octanol–water partition coefficient (Wildman–Crippen LogP) is 6.80. The minimum absolute atomic E-state index is 0.0125. The van der Waals surface area contributed by atoms with E-state index in [9.17, 15) is 4.79 Å². The average Bonchev–Trinajstić information content (AvgIpc) is 3.58. The summed E-state index contributed by atoms with van der Waals surface area (Å²) in [5.74, 6) is 2.94. The third-order valence-corrected chi connectivity index (χ3v) is 10.2. The summed E-state index contributed by atoms with van der Waals surface area (Å²) in [5, 5.41) is 20.1. The van der Waals surface area contributed by atoms with Crippen molar-refractivity contribution in [2.75, 3.05) is 14.2 Å². The van der Waals surface area contributed by atoms with Gasteiger partial charge in [-0.15, -0.1) is 33.3 Å². The van der Waals surface area contributed by atoms with Crippen molar-refractivity contribution in [3.05, 3.63) is 80.3 Å². The Morgan fingerprint density at radius 3 is 2.67 bits per heavy atom. The van der Waals surface area contributed by atoms with Crippen molar-refractivity contribution in [1.82, 2.24) is 19.7 Å². The summed E-state index contributed by atoms with van der Waals surface area (Å²) in [5.41, 5.74) is 3.14. The molecule has 1 aliphatic heterocycles. The molecule has 2 aromatic carbocycles. The minimum Gasteiger partial charge on any atom is -0.493 e. The summed E-state index contributed by atoms with van der Waals surface area (Å²) in [4.78, 5) is 16.6. The molecule has 2 unspecified atom stereocenters. The van der Waals surface area contributed by atoms with Crippen molar-refractivity contribution in [3.63, 3.8) is 0 Å². The molecule has 2 aliphatic rings. The lowest BCUT2D eigenvalue weighted by molar-refractivity contribution is -0.136. The molecule has 3 heterocycles. The summed E-state index contributed by atoms with van der Waals surface area (Å²) >= 11 is 10.0. The highest BCUT2D eigenvalue weighted by Gasteiger charge is 2.38. The number of carboxylic acids is 1. The summed E-state index contributed by atoms with van der Waals surface area (Å²) in [7, 11) is 3.32. The number of fused-ring (bicyclic) bond motifs is 3. The fraction of sp³-hybridized carbons (Fsp3) is 0.379. The van der Waals surface area contributed by atoms with Crippen molar-refractivity contribution in [2.24, 2.45) is 0 Å². The molecule has 1 saturated carbocycles. The van der Waals surface area contributed by atoms with Gasteiger partial charge in [0, 0.05) is 34.0 Å². The van der Waals surface area contributed by atoms with Gasteiger partial charge in [-0.3, -0.25) is 9.36 Å². The lowest BCUT2D eigenvalue weighted by Crippen LogP contribution is -2.08. The van der Waals surface area contributed by atoms with Crippen molar-refractivity contribution < 1.29 is 19.4 Å². The molecule has 208 valence electrons. The van der Waals surface area contributed by atoms with Gasteiger partial charge in [0.05, 0.1) is 41.8 Å². The third-order valence-electron chi connectivity index (χ3n) is 7.28. The van der Waals surface area contributed by atoms with E-state index < -0.39 is 5.97 Å². The predicted molar refractivity (Wildman–Crippen MR) is 156 cm³/mol. The zero-order chi connectivity index (χ0) is 27.8.